The molecule has 0 amide bonds. The molecular weight excluding hydrogens is 242 g/mol. The van der Waals surface area contributed by atoms with Crippen LogP contribution in [-0.2, 0) is 16.8 Å². The Labute approximate surface area is 113 Å². The summed E-state index contributed by atoms with van der Waals surface area (Å²) in [5.41, 5.74) is 8.49. The molecule has 0 unspecified atom stereocenters. The van der Waals surface area contributed by atoms with Crippen molar-refractivity contribution in [2.75, 3.05) is 20.4 Å². The summed E-state index contributed by atoms with van der Waals surface area (Å²) >= 11 is 0. The molecule has 1 aliphatic heterocycles. The minimum Gasteiger partial charge on any atom is -0.496 e. The highest BCUT2D eigenvalue weighted by Gasteiger charge is 2.39. The van der Waals surface area contributed by atoms with E-state index < -0.39 is 0 Å². The molecule has 3 rings (SSSR count). The number of rotatable bonds is 3. The van der Waals surface area contributed by atoms with Gasteiger partial charge in [-0.05, 0) is 25.0 Å². The van der Waals surface area contributed by atoms with Gasteiger partial charge in [-0.25, -0.2) is 0 Å². The van der Waals surface area contributed by atoms with Gasteiger partial charge >= 0.3 is 0 Å². The van der Waals surface area contributed by atoms with Crippen LogP contribution in [0.4, 0.5) is 0 Å². The van der Waals surface area contributed by atoms with Gasteiger partial charge in [0.2, 0.25) is 0 Å². The van der Waals surface area contributed by atoms with E-state index in [2.05, 4.69) is 0 Å². The third-order valence-corrected chi connectivity index (χ3v) is 4.48. The van der Waals surface area contributed by atoms with E-state index in [0.717, 1.165) is 29.9 Å². The molecule has 2 N–H and O–H groups in total. The third-order valence-electron chi connectivity index (χ3n) is 4.48. The maximum Gasteiger partial charge on any atom is 0.189 e. The van der Waals surface area contributed by atoms with Crippen LogP contribution in [0.2, 0.25) is 0 Å². The Kier molecular flexibility index (Phi) is 3.37. The summed E-state index contributed by atoms with van der Waals surface area (Å²) in [6.45, 7) is 1.57. The Balaban J connectivity index is 2.16. The maximum absolute atomic E-state index is 6.12. The van der Waals surface area contributed by atoms with Gasteiger partial charge in [0.05, 0.1) is 13.7 Å². The van der Waals surface area contributed by atoms with E-state index in [1.54, 1.807) is 7.11 Å². The zero-order chi connectivity index (χ0) is 13.3. The van der Waals surface area contributed by atoms with Gasteiger partial charge in [-0.1, -0.05) is 12.8 Å². The van der Waals surface area contributed by atoms with Crippen LogP contribution in [0, 0.1) is 0 Å². The SMILES string of the molecule is COc1ccc2c(c1C1(CN)CCCC1)COCO2. The Hall–Kier alpha value is -1.26. The molecule has 1 heterocycles. The number of benzene rings is 1. The first-order valence-corrected chi connectivity index (χ1v) is 6.92. The summed E-state index contributed by atoms with van der Waals surface area (Å²) in [5, 5.41) is 0. The van der Waals surface area contributed by atoms with Gasteiger partial charge in [0, 0.05) is 23.1 Å². The minimum atomic E-state index is 0.0285. The van der Waals surface area contributed by atoms with Gasteiger partial charge in [-0.3, -0.25) is 0 Å². The van der Waals surface area contributed by atoms with Crippen molar-refractivity contribution in [2.24, 2.45) is 5.73 Å². The lowest BCUT2D eigenvalue weighted by atomic mass is 9.76. The third kappa shape index (κ3) is 1.99. The topological polar surface area (TPSA) is 53.7 Å². The van der Waals surface area contributed by atoms with Crippen LogP contribution < -0.4 is 15.2 Å². The summed E-state index contributed by atoms with van der Waals surface area (Å²) < 4.78 is 16.6. The highest BCUT2D eigenvalue weighted by atomic mass is 16.7. The van der Waals surface area contributed by atoms with Crippen molar-refractivity contribution in [1.29, 1.82) is 0 Å². The lowest BCUT2D eigenvalue weighted by Gasteiger charge is -2.34. The summed E-state index contributed by atoms with van der Waals surface area (Å²) in [4.78, 5) is 0. The van der Waals surface area contributed by atoms with E-state index in [1.165, 1.54) is 18.4 Å². The lowest BCUT2D eigenvalue weighted by Crippen LogP contribution is -2.34. The molecule has 0 aromatic heterocycles. The van der Waals surface area contributed by atoms with Crippen LogP contribution in [0.5, 0.6) is 11.5 Å². The highest BCUT2D eigenvalue weighted by molar-refractivity contribution is 5.53. The second-order valence-electron chi connectivity index (χ2n) is 5.42. The first-order valence-electron chi connectivity index (χ1n) is 6.92. The first kappa shape index (κ1) is 12.8. The minimum absolute atomic E-state index is 0.0285. The van der Waals surface area contributed by atoms with E-state index in [4.69, 9.17) is 19.9 Å². The first-order chi connectivity index (χ1) is 9.30. The van der Waals surface area contributed by atoms with Crippen LogP contribution in [0.25, 0.3) is 0 Å². The van der Waals surface area contributed by atoms with Crippen molar-refractivity contribution in [1.82, 2.24) is 0 Å². The van der Waals surface area contributed by atoms with E-state index in [1.807, 2.05) is 12.1 Å². The Bertz CT molecular complexity index is 467. The molecule has 4 nitrogen and oxygen atoms in total. The molecule has 0 saturated heterocycles. The highest BCUT2D eigenvalue weighted by Crippen LogP contribution is 2.48. The molecule has 1 saturated carbocycles. The number of hydrogen-bond donors (Lipinski definition) is 1. The van der Waals surface area contributed by atoms with Crippen LogP contribution >= 0.6 is 0 Å². The average molecular weight is 263 g/mol. The van der Waals surface area contributed by atoms with Gasteiger partial charge in [-0.15, -0.1) is 0 Å². The predicted molar refractivity (Wildman–Crippen MR) is 72.5 cm³/mol. The molecule has 0 radical (unpaired) electrons. The number of nitrogens with two attached hydrogens (primary N) is 1. The fourth-order valence-electron chi connectivity index (χ4n) is 3.49. The molecule has 104 valence electrons. The standard InChI is InChI=1S/C15H21NO3/c1-17-13-5-4-12-11(8-18-10-19-12)14(13)15(9-16)6-2-3-7-15/h4-5H,2-3,6-10,16H2,1H3. The van der Waals surface area contributed by atoms with Crippen LogP contribution in [-0.4, -0.2) is 20.4 Å². The van der Waals surface area contributed by atoms with Gasteiger partial charge in [0.1, 0.15) is 11.5 Å². The van der Waals surface area contributed by atoms with Crippen LogP contribution in [0.15, 0.2) is 12.1 Å². The van der Waals surface area contributed by atoms with Crippen molar-refractivity contribution in [3.05, 3.63) is 23.3 Å². The zero-order valence-electron chi connectivity index (χ0n) is 11.4. The van der Waals surface area contributed by atoms with Crippen molar-refractivity contribution >= 4 is 0 Å². The quantitative estimate of drug-likeness (QED) is 0.909. The molecule has 0 bridgehead atoms. The molecule has 1 fully saturated rings. The fraction of sp³-hybridized carbons (Fsp3) is 0.600. The van der Waals surface area contributed by atoms with Gasteiger partial charge in [-0.2, -0.15) is 0 Å². The maximum atomic E-state index is 6.12. The van der Waals surface area contributed by atoms with E-state index >= 15 is 0 Å². The van der Waals surface area contributed by atoms with E-state index in [9.17, 15) is 0 Å². The molecule has 2 aliphatic rings. The summed E-state index contributed by atoms with van der Waals surface area (Å²) in [6.07, 6.45) is 4.70. The van der Waals surface area contributed by atoms with Gasteiger partial charge in [0.15, 0.2) is 6.79 Å². The van der Waals surface area contributed by atoms with E-state index in [-0.39, 0.29) is 5.41 Å². The van der Waals surface area contributed by atoms with Crippen LogP contribution in [0.3, 0.4) is 0 Å². The summed E-state index contributed by atoms with van der Waals surface area (Å²) in [5.74, 6) is 1.84. The van der Waals surface area contributed by atoms with E-state index in [0.29, 0.717) is 19.9 Å². The monoisotopic (exact) mass is 263 g/mol. The van der Waals surface area contributed by atoms with Crippen molar-refractivity contribution < 1.29 is 14.2 Å². The molecule has 1 aromatic rings. The fourth-order valence-corrected chi connectivity index (χ4v) is 3.49. The lowest BCUT2D eigenvalue weighted by molar-refractivity contribution is -0.0175. The Morgan fingerprint density at radius 3 is 2.79 bits per heavy atom. The zero-order valence-corrected chi connectivity index (χ0v) is 11.4. The number of fused-ring (bicyclic) bond motifs is 1. The van der Waals surface area contributed by atoms with Gasteiger partial charge < -0.3 is 19.9 Å². The average Bonchev–Trinajstić information content (AvgIpc) is 2.95. The molecule has 4 heteroatoms. The van der Waals surface area contributed by atoms with Crippen molar-refractivity contribution in [3.8, 4) is 11.5 Å². The van der Waals surface area contributed by atoms with Gasteiger partial charge in [0.25, 0.3) is 0 Å². The largest absolute Gasteiger partial charge is 0.496 e. The van der Waals surface area contributed by atoms with Crippen molar-refractivity contribution in [3.63, 3.8) is 0 Å². The molecular formula is C15H21NO3. The molecule has 19 heavy (non-hydrogen) atoms. The second kappa shape index (κ2) is 5.02. The Morgan fingerprint density at radius 2 is 2.11 bits per heavy atom. The number of hydrogen-bond acceptors (Lipinski definition) is 4. The Morgan fingerprint density at radius 1 is 1.32 bits per heavy atom. The normalized spacial score (nSPS) is 20.7. The second-order valence-corrected chi connectivity index (χ2v) is 5.42. The van der Waals surface area contributed by atoms with Crippen molar-refractivity contribution in [2.45, 2.75) is 37.7 Å². The number of ether oxygens (including phenoxy) is 3. The molecule has 0 spiro atoms. The number of methoxy groups -OCH3 is 1. The molecule has 1 aromatic carbocycles. The predicted octanol–water partition coefficient (Wildman–Crippen LogP) is 2.33. The summed E-state index contributed by atoms with van der Waals surface area (Å²) in [6, 6.07) is 3.97. The molecule has 1 aliphatic carbocycles. The molecule has 0 atom stereocenters. The van der Waals surface area contributed by atoms with Crippen LogP contribution in [0.1, 0.15) is 36.8 Å². The smallest absolute Gasteiger partial charge is 0.189 e. The summed E-state index contributed by atoms with van der Waals surface area (Å²) in [7, 11) is 1.72.